The summed E-state index contributed by atoms with van der Waals surface area (Å²) in [6.07, 6.45) is 0.991. The van der Waals surface area contributed by atoms with E-state index in [0.717, 1.165) is 11.3 Å². The van der Waals surface area contributed by atoms with Gasteiger partial charge in [-0.2, -0.15) is 0 Å². The number of aromatic nitrogens is 4. The number of tetrazole rings is 1. The van der Waals surface area contributed by atoms with Gasteiger partial charge < -0.3 is 5.11 Å². The number of hydrogen-bond acceptors (Lipinski definition) is 5. The highest BCUT2D eigenvalue weighted by atomic mass is 32.1. The van der Waals surface area contributed by atoms with E-state index in [2.05, 4.69) is 22.4 Å². The molecule has 1 N–H and O–H groups in total. The number of carboxylic acid groups (broad SMARTS) is 1. The van der Waals surface area contributed by atoms with Crippen LogP contribution < -0.4 is 0 Å². The second kappa shape index (κ2) is 5.05. The van der Waals surface area contributed by atoms with Crippen molar-refractivity contribution < 1.29 is 9.90 Å². The predicted octanol–water partition coefficient (Wildman–Crippen LogP) is 1.44. The molecular formula is C10H12N4O2S. The number of rotatable bonds is 5. The van der Waals surface area contributed by atoms with Crippen LogP contribution in [0.1, 0.15) is 18.2 Å². The summed E-state index contributed by atoms with van der Waals surface area (Å²) in [6.45, 7) is 2.38. The fraction of sp³-hybridized carbons (Fsp3) is 0.400. The molecule has 0 amide bonds. The Morgan fingerprint density at radius 3 is 3.00 bits per heavy atom. The van der Waals surface area contributed by atoms with Crippen molar-refractivity contribution in [2.75, 3.05) is 0 Å². The molecule has 0 bridgehead atoms. The Bertz CT molecular complexity index is 520. The van der Waals surface area contributed by atoms with E-state index in [1.807, 2.05) is 12.1 Å². The fourth-order valence-corrected chi connectivity index (χ4v) is 2.36. The van der Waals surface area contributed by atoms with Crippen LogP contribution in [0.5, 0.6) is 0 Å². The Hall–Kier alpha value is -1.76. The lowest BCUT2D eigenvalue weighted by Crippen LogP contribution is -2.07. The van der Waals surface area contributed by atoms with Crippen LogP contribution in [0.3, 0.4) is 0 Å². The van der Waals surface area contributed by atoms with E-state index < -0.39 is 5.97 Å². The van der Waals surface area contributed by atoms with Gasteiger partial charge >= 0.3 is 5.97 Å². The molecule has 0 saturated heterocycles. The Labute approximate surface area is 102 Å². The topological polar surface area (TPSA) is 80.9 Å². The number of nitrogens with zero attached hydrogens (tertiary/aromatic N) is 4. The highest BCUT2D eigenvalue weighted by Gasteiger charge is 2.12. The van der Waals surface area contributed by atoms with Gasteiger partial charge in [-0.25, -0.2) is 4.68 Å². The van der Waals surface area contributed by atoms with Crippen molar-refractivity contribution in [3.63, 3.8) is 0 Å². The van der Waals surface area contributed by atoms with Crippen LogP contribution in [-0.2, 0) is 17.8 Å². The van der Waals surface area contributed by atoms with E-state index >= 15 is 0 Å². The lowest BCUT2D eigenvalue weighted by atomic mass is 10.3. The molecule has 0 aliphatic carbocycles. The van der Waals surface area contributed by atoms with Crippen molar-refractivity contribution in [3.05, 3.63) is 17.0 Å². The van der Waals surface area contributed by atoms with Crippen LogP contribution in [-0.4, -0.2) is 31.3 Å². The third-order valence-electron chi connectivity index (χ3n) is 2.30. The second-order valence-corrected chi connectivity index (χ2v) is 4.66. The first-order valence-electron chi connectivity index (χ1n) is 5.27. The zero-order valence-electron chi connectivity index (χ0n) is 9.33. The second-order valence-electron chi connectivity index (χ2n) is 3.49. The zero-order chi connectivity index (χ0) is 12.3. The molecule has 0 aromatic carbocycles. The smallest absolute Gasteiger partial charge is 0.305 e. The fourth-order valence-electron chi connectivity index (χ4n) is 1.42. The van der Waals surface area contributed by atoms with Gasteiger partial charge in [-0.15, -0.1) is 16.4 Å². The Morgan fingerprint density at radius 1 is 1.53 bits per heavy atom. The maximum absolute atomic E-state index is 10.5. The van der Waals surface area contributed by atoms with E-state index in [1.54, 1.807) is 11.3 Å². The van der Waals surface area contributed by atoms with Gasteiger partial charge in [0.25, 0.3) is 0 Å². The lowest BCUT2D eigenvalue weighted by Gasteiger charge is -1.99. The summed E-state index contributed by atoms with van der Waals surface area (Å²) < 4.78 is 1.53. The van der Waals surface area contributed by atoms with E-state index in [4.69, 9.17) is 5.11 Å². The van der Waals surface area contributed by atoms with Gasteiger partial charge in [0, 0.05) is 4.88 Å². The third kappa shape index (κ3) is 2.68. The lowest BCUT2D eigenvalue weighted by molar-refractivity contribution is -0.137. The molecule has 0 aliphatic rings. The number of thiophene rings is 1. The van der Waals surface area contributed by atoms with Crippen molar-refractivity contribution >= 4 is 17.3 Å². The van der Waals surface area contributed by atoms with Gasteiger partial charge in [-0.05, 0) is 29.0 Å². The highest BCUT2D eigenvalue weighted by molar-refractivity contribution is 7.15. The molecule has 17 heavy (non-hydrogen) atoms. The van der Waals surface area contributed by atoms with Crippen LogP contribution in [0.15, 0.2) is 12.1 Å². The summed E-state index contributed by atoms with van der Waals surface area (Å²) in [7, 11) is 0. The number of aliphatic carboxylic acids is 1. The first-order valence-corrected chi connectivity index (χ1v) is 6.09. The van der Waals surface area contributed by atoms with Crippen LogP contribution in [0.2, 0.25) is 0 Å². The van der Waals surface area contributed by atoms with E-state index in [9.17, 15) is 4.79 Å². The summed E-state index contributed by atoms with van der Waals surface area (Å²) in [5, 5.41) is 20.0. The summed E-state index contributed by atoms with van der Waals surface area (Å²) in [5.74, 6) is -0.220. The first-order chi connectivity index (χ1) is 8.20. The van der Waals surface area contributed by atoms with Crippen molar-refractivity contribution in [1.29, 1.82) is 0 Å². The van der Waals surface area contributed by atoms with Gasteiger partial charge in [-0.1, -0.05) is 6.92 Å². The first kappa shape index (κ1) is 11.7. The molecule has 0 radical (unpaired) electrons. The minimum atomic E-state index is -0.855. The van der Waals surface area contributed by atoms with E-state index in [-0.39, 0.29) is 13.0 Å². The van der Waals surface area contributed by atoms with E-state index in [1.165, 1.54) is 9.56 Å². The number of aryl methyl sites for hydroxylation is 2. The number of carboxylic acids is 1. The quantitative estimate of drug-likeness (QED) is 0.870. The number of carbonyl (C=O) groups is 1. The van der Waals surface area contributed by atoms with Crippen molar-refractivity contribution in [1.82, 2.24) is 20.2 Å². The highest BCUT2D eigenvalue weighted by Crippen LogP contribution is 2.26. The summed E-state index contributed by atoms with van der Waals surface area (Å²) in [4.78, 5) is 12.7. The maximum atomic E-state index is 10.5. The van der Waals surface area contributed by atoms with Gasteiger partial charge in [0.1, 0.15) is 0 Å². The molecule has 0 saturated carbocycles. The molecule has 6 nitrogen and oxygen atoms in total. The van der Waals surface area contributed by atoms with Crippen LogP contribution in [0.25, 0.3) is 10.7 Å². The van der Waals surface area contributed by atoms with Crippen LogP contribution in [0, 0.1) is 0 Å². The minimum Gasteiger partial charge on any atom is -0.481 e. The van der Waals surface area contributed by atoms with Crippen LogP contribution in [0.4, 0.5) is 0 Å². The largest absolute Gasteiger partial charge is 0.481 e. The van der Waals surface area contributed by atoms with Crippen LogP contribution >= 0.6 is 11.3 Å². The van der Waals surface area contributed by atoms with Crippen molar-refractivity contribution in [2.45, 2.75) is 26.3 Å². The molecule has 2 rings (SSSR count). The SMILES string of the molecule is CCc1ccc(-c2nnnn2CCC(=O)O)s1. The average molecular weight is 252 g/mol. The van der Waals surface area contributed by atoms with Gasteiger partial charge in [0.2, 0.25) is 0 Å². The summed E-state index contributed by atoms with van der Waals surface area (Å²) >= 11 is 1.63. The molecule has 0 fully saturated rings. The molecule has 0 aliphatic heterocycles. The molecule has 0 unspecified atom stereocenters. The Morgan fingerprint density at radius 2 is 2.35 bits per heavy atom. The maximum Gasteiger partial charge on any atom is 0.305 e. The van der Waals surface area contributed by atoms with Gasteiger partial charge in [0.05, 0.1) is 17.8 Å². The molecule has 7 heteroatoms. The molecule has 2 aromatic rings. The minimum absolute atomic E-state index is 0.0179. The molecule has 0 atom stereocenters. The summed E-state index contributed by atoms with van der Waals surface area (Å²) in [5.41, 5.74) is 0. The monoisotopic (exact) mass is 252 g/mol. The third-order valence-corrected chi connectivity index (χ3v) is 3.53. The van der Waals surface area contributed by atoms with E-state index in [0.29, 0.717) is 5.82 Å². The molecule has 2 aromatic heterocycles. The predicted molar refractivity (Wildman–Crippen MR) is 62.8 cm³/mol. The Kier molecular flexibility index (Phi) is 3.48. The zero-order valence-corrected chi connectivity index (χ0v) is 10.1. The summed E-state index contributed by atoms with van der Waals surface area (Å²) in [6, 6.07) is 4.00. The van der Waals surface area contributed by atoms with Gasteiger partial charge in [-0.3, -0.25) is 4.79 Å². The van der Waals surface area contributed by atoms with Crippen molar-refractivity contribution in [2.24, 2.45) is 0 Å². The Balaban J connectivity index is 2.20. The standard InChI is InChI=1S/C10H12N4O2S/c1-2-7-3-4-8(17-7)10-11-12-13-14(10)6-5-9(15)16/h3-4H,2,5-6H2,1H3,(H,15,16). The molecular weight excluding hydrogens is 240 g/mol. The normalized spacial score (nSPS) is 10.6. The number of hydrogen-bond donors (Lipinski definition) is 1. The molecule has 2 heterocycles. The van der Waals surface area contributed by atoms with Gasteiger partial charge in [0.15, 0.2) is 5.82 Å². The van der Waals surface area contributed by atoms with Crippen molar-refractivity contribution in [3.8, 4) is 10.7 Å². The average Bonchev–Trinajstić information content (AvgIpc) is 2.94. The molecule has 90 valence electrons. The molecule has 0 spiro atoms.